The molecule has 1 aliphatic heterocycles. The number of fused-ring (bicyclic) bond motifs is 1. The molecule has 0 aliphatic carbocycles. The van der Waals surface area contributed by atoms with Crippen molar-refractivity contribution in [1.82, 2.24) is 30.4 Å². The fourth-order valence-corrected chi connectivity index (χ4v) is 4.48. The third-order valence-corrected chi connectivity index (χ3v) is 6.46. The van der Waals surface area contributed by atoms with Gasteiger partial charge >= 0.3 is 6.18 Å². The molecule has 4 aromatic heterocycles. The van der Waals surface area contributed by atoms with E-state index in [0.717, 1.165) is 24.6 Å². The average molecular weight is 486 g/mol. The SMILES string of the molecule is Cc1noc(C)c1-c1ccc2c(-c3nc(N[C@H]4CCC(C)(C)NC4)ncc3C(F)(F)F)c[nH]c2n1. The van der Waals surface area contributed by atoms with Gasteiger partial charge in [-0.05, 0) is 52.7 Å². The summed E-state index contributed by atoms with van der Waals surface area (Å²) >= 11 is 0. The Hall–Kier alpha value is -3.47. The molecule has 0 amide bonds. The Kier molecular flexibility index (Phi) is 5.54. The Morgan fingerprint density at radius 2 is 1.97 bits per heavy atom. The number of alkyl halides is 3. The van der Waals surface area contributed by atoms with Crippen LogP contribution in [0.2, 0.25) is 0 Å². The summed E-state index contributed by atoms with van der Waals surface area (Å²) in [5, 5.41) is 11.1. The molecule has 1 atom stereocenters. The van der Waals surface area contributed by atoms with Gasteiger partial charge in [-0.2, -0.15) is 13.2 Å². The zero-order chi connectivity index (χ0) is 25.0. The molecule has 0 bridgehead atoms. The zero-order valence-corrected chi connectivity index (χ0v) is 19.8. The zero-order valence-electron chi connectivity index (χ0n) is 19.8. The van der Waals surface area contributed by atoms with Crippen LogP contribution in [-0.2, 0) is 6.18 Å². The van der Waals surface area contributed by atoms with Gasteiger partial charge in [0.2, 0.25) is 5.95 Å². The lowest BCUT2D eigenvalue weighted by Crippen LogP contribution is -2.50. The third-order valence-electron chi connectivity index (χ3n) is 6.46. The van der Waals surface area contributed by atoms with Gasteiger partial charge in [0.1, 0.15) is 17.0 Å². The van der Waals surface area contributed by atoms with Crippen LogP contribution in [-0.4, -0.2) is 43.2 Å². The van der Waals surface area contributed by atoms with Gasteiger partial charge in [0.25, 0.3) is 0 Å². The van der Waals surface area contributed by atoms with E-state index in [-0.39, 0.29) is 23.2 Å². The summed E-state index contributed by atoms with van der Waals surface area (Å²) in [4.78, 5) is 15.9. The highest BCUT2D eigenvalue weighted by atomic mass is 19.4. The molecule has 5 heterocycles. The van der Waals surface area contributed by atoms with Crippen molar-refractivity contribution in [3.63, 3.8) is 0 Å². The summed E-state index contributed by atoms with van der Waals surface area (Å²) in [6.45, 7) is 8.52. The number of rotatable bonds is 4. The first-order chi connectivity index (χ1) is 16.5. The summed E-state index contributed by atoms with van der Waals surface area (Å²) in [6, 6.07) is 3.50. The molecule has 0 spiro atoms. The topological polar surface area (TPSA) is 105 Å². The summed E-state index contributed by atoms with van der Waals surface area (Å²) in [7, 11) is 0. The van der Waals surface area contributed by atoms with Crippen LogP contribution in [0.5, 0.6) is 0 Å². The number of halogens is 3. The fourth-order valence-electron chi connectivity index (χ4n) is 4.48. The van der Waals surface area contributed by atoms with Gasteiger partial charge in [0.05, 0.1) is 22.6 Å². The number of nitrogens with one attached hydrogen (secondary N) is 3. The summed E-state index contributed by atoms with van der Waals surface area (Å²) < 4.78 is 46.9. The maximum absolute atomic E-state index is 13.9. The summed E-state index contributed by atoms with van der Waals surface area (Å²) in [6.07, 6.45) is -0.477. The first-order valence-electron chi connectivity index (χ1n) is 11.4. The molecule has 35 heavy (non-hydrogen) atoms. The van der Waals surface area contributed by atoms with E-state index < -0.39 is 11.7 Å². The van der Waals surface area contributed by atoms with Crippen LogP contribution >= 0.6 is 0 Å². The summed E-state index contributed by atoms with van der Waals surface area (Å²) in [5.41, 5.74) is 1.75. The highest BCUT2D eigenvalue weighted by Gasteiger charge is 2.36. The number of aromatic amines is 1. The number of H-pyrrole nitrogens is 1. The minimum absolute atomic E-state index is 0.0230. The summed E-state index contributed by atoms with van der Waals surface area (Å²) in [5.74, 6) is 0.779. The van der Waals surface area contributed by atoms with E-state index >= 15 is 0 Å². The van der Waals surface area contributed by atoms with Gasteiger partial charge in [0.15, 0.2) is 0 Å². The lowest BCUT2D eigenvalue weighted by molar-refractivity contribution is -0.137. The molecule has 0 radical (unpaired) electrons. The quantitative estimate of drug-likeness (QED) is 0.362. The Labute approximate surface area is 199 Å². The third kappa shape index (κ3) is 4.47. The van der Waals surface area contributed by atoms with Crippen molar-refractivity contribution in [2.24, 2.45) is 0 Å². The van der Waals surface area contributed by atoms with Crippen LogP contribution in [0.4, 0.5) is 19.1 Å². The van der Waals surface area contributed by atoms with Crippen LogP contribution < -0.4 is 10.6 Å². The van der Waals surface area contributed by atoms with Crippen molar-refractivity contribution >= 4 is 17.0 Å². The lowest BCUT2D eigenvalue weighted by atomic mass is 9.91. The second-order valence-corrected chi connectivity index (χ2v) is 9.59. The molecule has 4 aromatic rings. The molecular weight excluding hydrogens is 459 g/mol. The van der Waals surface area contributed by atoms with E-state index in [0.29, 0.717) is 40.3 Å². The first-order valence-corrected chi connectivity index (χ1v) is 11.4. The predicted molar refractivity (Wildman–Crippen MR) is 126 cm³/mol. The molecule has 0 saturated carbocycles. The van der Waals surface area contributed by atoms with Crippen LogP contribution in [0.1, 0.15) is 43.7 Å². The number of pyridine rings is 1. The van der Waals surface area contributed by atoms with Crippen molar-refractivity contribution in [3.05, 3.63) is 41.5 Å². The molecule has 1 aliphatic rings. The van der Waals surface area contributed by atoms with Gasteiger partial charge in [-0.1, -0.05) is 5.16 Å². The van der Waals surface area contributed by atoms with E-state index in [1.54, 1.807) is 19.1 Å². The van der Waals surface area contributed by atoms with E-state index in [4.69, 9.17) is 4.52 Å². The number of aryl methyl sites for hydroxylation is 2. The largest absolute Gasteiger partial charge is 0.419 e. The molecule has 5 rings (SSSR count). The van der Waals surface area contributed by atoms with Crippen molar-refractivity contribution in [2.45, 2.75) is 58.3 Å². The van der Waals surface area contributed by atoms with Crippen LogP contribution in [0.15, 0.2) is 29.0 Å². The molecule has 0 aromatic carbocycles. The molecule has 1 saturated heterocycles. The number of piperidine rings is 1. The Bertz CT molecular complexity index is 1360. The van der Waals surface area contributed by atoms with Crippen LogP contribution in [0, 0.1) is 13.8 Å². The smallest absolute Gasteiger partial charge is 0.361 e. The molecular formula is C24H26F3N7O. The fraction of sp³-hybridized carbons (Fsp3) is 0.417. The lowest BCUT2D eigenvalue weighted by Gasteiger charge is -2.36. The second-order valence-electron chi connectivity index (χ2n) is 9.59. The standard InChI is InChI=1S/C24H26F3N7O/c1-12-19(13(2)35-34-12)18-6-5-15-16(10-28-21(15)32-18)20-17(24(25,26)27)11-29-22(33-20)31-14-7-8-23(3,4)30-9-14/h5-6,10-11,14,30H,7-9H2,1-4H3,(H,28,32)(H,29,31,33)/t14-/m0/s1. The number of hydrogen-bond acceptors (Lipinski definition) is 7. The van der Waals surface area contributed by atoms with Crippen molar-refractivity contribution in [3.8, 4) is 22.5 Å². The maximum Gasteiger partial charge on any atom is 0.419 e. The molecule has 3 N–H and O–H groups in total. The highest BCUT2D eigenvalue weighted by Crippen LogP contribution is 2.39. The highest BCUT2D eigenvalue weighted by molar-refractivity contribution is 5.94. The van der Waals surface area contributed by atoms with Gasteiger partial charge in [-0.25, -0.2) is 15.0 Å². The molecule has 1 fully saturated rings. The van der Waals surface area contributed by atoms with Crippen LogP contribution in [0.25, 0.3) is 33.5 Å². The number of aromatic nitrogens is 5. The Morgan fingerprint density at radius 1 is 1.17 bits per heavy atom. The van der Waals surface area contributed by atoms with E-state index in [1.807, 2.05) is 6.92 Å². The molecule has 184 valence electrons. The minimum atomic E-state index is -4.61. The number of nitrogens with zero attached hydrogens (tertiary/aromatic N) is 4. The van der Waals surface area contributed by atoms with Gasteiger partial charge < -0.3 is 20.1 Å². The van der Waals surface area contributed by atoms with Crippen LogP contribution in [0.3, 0.4) is 0 Å². The maximum atomic E-state index is 13.9. The normalized spacial score (nSPS) is 18.2. The van der Waals surface area contributed by atoms with E-state index in [2.05, 4.69) is 49.6 Å². The predicted octanol–water partition coefficient (Wildman–Crippen LogP) is 5.25. The average Bonchev–Trinajstić information content (AvgIpc) is 3.36. The number of hydrogen-bond donors (Lipinski definition) is 3. The molecule has 0 unspecified atom stereocenters. The van der Waals surface area contributed by atoms with E-state index in [9.17, 15) is 13.2 Å². The van der Waals surface area contributed by atoms with Crippen molar-refractivity contribution in [1.29, 1.82) is 0 Å². The van der Waals surface area contributed by atoms with Crippen molar-refractivity contribution < 1.29 is 17.7 Å². The Morgan fingerprint density at radius 3 is 2.63 bits per heavy atom. The van der Waals surface area contributed by atoms with E-state index in [1.165, 1.54) is 6.20 Å². The second kappa shape index (κ2) is 8.33. The van der Waals surface area contributed by atoms with Crippen molar-refractivity contribution in [2.75, 3.05) is 11.9 Å². The van der Waals surface area contributed by atoms with Gasteiger partial charge in [0, 0.05) is 41.5 Å². The molecule has 11 heteroatoms. The van der Waals surface area contributed by atoms with Gasteiger partial charge in [-0.15, -0.1) is 0 Å². The Balaban J connectivity index is 1.53. The molecule has 8 nitrogen and oxygen atoms in total. The van der Waals surface area contributed by atoms with Gasteiger partial charge in [-0.3, -0.25) is 0 Å². The minimum Gasteiger partial charge on any atom is -0.361 e. The number of anilines is 1. The first kappa shape index (κ1) is 23.3. The monoisotopic (exact) mass is 485 g/mol.